The number of pyridine rings is 1. The predicted octanol–water partition coefficient (Wildman–Crippen LogP) is 14.2. The van der Waals surface area contributed by atoms with E-state index in [0.717, 1.165) is 16.6 Å². The average molecular weight is 690 g/mol. The first kappa shape index (κ1) is 31.2. The highest BCUT2D eigenvalue weighted by atomic mass is 14.7. The summed E-state index contributed by atoms with van der Waals surface area (Å²) in [6.45, 7) is 9.44. The molecule has 0 spiro atoms. The van der Waals surface area contributed by atoms with Gasteiger partial charge in [-0.3, -0.25) is 0 Å². The molecule has 8 aromatic carbocycles. The monoisotopic (exact) mass is 689 g/mol. The van der Waals surface area contributed by atoms with Crippen LogP contribution in [-0.4, -0.2) is 4.98 Å². The standard InChI is InChI=1S/C53H39N/c1-52(2)45-19-11-9-15-37(45)42-30-35(23-27-46(42)52)50-39-16-6-7-17-40(39)51(49-28-24-32-13-5-12-20-48(32)54-49)41-26-22-33(29-43(41)50)34-21-25-38-36-14-8-10-18-44(36)53(3,4)47(38)31-34/h5-31H,1-4H3. The zero-order valence-corrected chi connectivity index (χ0v) is 31.0. The second kappa shape index (κ2) is 11.1. The second-order valence-electron chi connectivity index (χ2n) is 16.3. The lowest BCUT2D eigenvalue weighted by Crippen LogP contribution is -2.14. The Balaban J connectivity index is 1.20. The van der Waals surface area contributed by atoms with Crippen molar-refractivity contribution < 1.29 is 0 Å². The Hall–Kier alpha value is -6.31. The van der Waals surface area contributed by atoms with Gasteiger partial charge in [0.05, 0.1) is 11.2 Å². The van der Waals surface area contributed by atoms with Gasteiger partial charge < -0.3 is 0 Å². The molecule has 0 radical (unpaired) electrons. The molecule has 11 rings (SSSR count). The second-order valence-corrected chi connectivity index (χ2v) is 16.3. The molecule has 0 bridgehead atoms. The molecule has 256 valence electrons. The molecule has 9 aromatic rings. The SMILES string of the molecule is CC1(C)c2ccccc2-c2cc(-c3c4ccccc4c(-c4ccc5ccccc5n4)c4ccc(-c5ccc6c(c5)C(C)(C)c5ccccc5-6)cc34)ccc21. The summed E-state index contributed by atoms with van der Waals surface area (Å²) in [4.78, 5) is 5.29. The third-order valence-electron chi connectivity index (χ3n) is 12.7. The molecule has 1 nitrogen and oxygen atoms in total. The lowest BCUT2D eigenvalue weighted by molar-refractivity contribution is 0.660. The van der Waals surface area contributed by atoms with E-state index in [1.165, 1.54) is 93.9 Å². The first-order valence-electron chi connectivity index (χ1n) is 19.1. The molecular formula is C53H39N. The summed E-state index contributed by atoms with van der Waals surface area (Å²) in [6, 6.07) is 61.0. The van der Waals surface area contributed by atoms with Gasteiger partial charge in [-0.05, 0) is 119 Å². The first-order chi connectivity index (χ1) is 26.3. The van der Waals surface area contributed by atoms with Gasteiger partial charge in [-0.15, -0.1) is 0 Å². The van der Waals surface area contributed by atoms with E-state index in [4.69, 9.17) is 4.98 Å². The minimum Gasteiger partial charge on any atom is -0.248 e. The fourth-order valence-corrected chi connectivity index (χ4v) is 9.91. The van der Waals surface area contributed by atoms with Crippen LogP contribution in [0.25, 0.3) is 88.2 Å². The summed E-state index contributed by atoms with van der Waals surface area (Å²) in [5.41, 5.74) is 19.0. The molecule has 2 aliphatic carbocycles. The Morgan fingerprint density at radius 1 is 0.352 bits per heavy atom. The molecule has 0 fully saturated rings. The van der Waals surface area contributed by atoms with Crippen LogP contribution in [0.5, 0.6) is 0 Å². The van der Waals surface area contributed by atoms with E-state index >= 15 is 0 Å². The van der Waals surface area contributed by atoms with E-state index in [2.05, 4.69) is 191 Å². The number of rotatable bonds is 3. The van der Waals surface area contributed by atoms with Gasteiger partial charge in [0.1, 0.15) is 0 Å². The summed E-state index contributed by atoms with van der Waals surface area (Å²) in [7, 11) is 0. The Kier molecular flexibility index (Phi) is 6.42. The summed E-state index contributed by atoms with van der Waals surface area (Å²) < 4.78 is 0. The maximum Gasteiger partial charge on any atom is 0.0722 e. The third kappa shape index (κ3) is 4.30. The Bertz CT molecular complexity index is 3050. The van der Waals surface area contributed by atoms with E-state index < -0.39 is 0 Å². The van der Waals surface area contributed by atoms with Crippen molar-refractivity contribution in [3.63, 3.8) is 0 Å². The number of aromatic nitrogens is 1. The quantitative estimate of drug-likeness (QED) is 0.168. The topological polar surface area (TPSA) is 12.9 Å². The molecule has 1 heteroatoms. The fourth-order valence-electron chi connectivity index (χ4n) is 9.91. The molecule has 1 aromatic heterocycles. The summed E-state index contributed by atoms with van der Waals surface area (Å²) >= 11 is 0. The Morgan fingerprint density at radius 2 is 0.907 bits per heavy atom. The minimum atomic E-state index is -0.0659. The zero-order valence-electron chi connectivity index (χ0n) is 31.0. The number of nitrogens with zero attached hydrogens (tertiary/aromatic N) is 1. The van der Waals surface area contributed by atoms with Gasteiger partial charge >= 0.3 is 0 Å². The van der Waals surface area contributed by atoms with E-state index in [9.17, 15) is 0 Å². The van der Waals surface area contributed by atoms with Crippen LogP contribution in [0.1, 0.15) is 49.9 Å². The lowest BCUT2D eigenvalue weighted by Gasteiger charge is -2.23. The highest BCUT2D eigenvalue weighted by molar-refractivity contribution is 6.22. The van der Waals surface area contributed by atoms with Crippen molar-refractivity contribution in [1.82, 2.24) is 4.98 Å². The highest BCUT2D eigenvalue weighted by Crippen LogP contribution is 2.53. The molecule has 0 saturated heterocycles. The van der Waals surface area contributed by atoms with Crippen LogP contribution >= 0.6 is 0 Å². The van der Waals surface area contributed by atoms with Crippen molar-refractivity contribution in [3.05, 3.63) is 186 Å². The van der Waals surface area contributed by atoms with Crippen molar-refractivity contribution in [2.45, 2.75) is 38.5 Å². The van der Waals surface area contributed by atoms with Crippen LogP contribution in [0.2, 0.25) is 0 Å². The van der Waals surface area contributed by atoms with E-state index in [1.807, 2.05) is 0 Å². The molecule has 0 unspecified atom stereocenters. The van der Waals surface area contributed by atoms with Crippen LogP contribution < -0.4 is 0 Å². The van der Waals surface area contributed by atoms with E-state index in [1.54, 1.807) is 0 Å². The van der Waals surface area contributed by atoms with Gasteiger partial charge in [0.15, 0.2) is 0 Å². The molecule has 54 heavy (non-hydrogen) atoms. The van der Waals surface area contributed by atoms with Gasteiger partial charge in [0.2, 0.25) is 0 Å². The van der Waals surface area contributed by atoms with Crippen molar-refractivity contribution in [3.8, 4) is 55.8 Å². The largest absolute Gasteiger partial charge is 0.248 e. The molecule has 0 aliphatic heterocycles. The van der Waals surface area contributed by atoms with E-state index in [0.29, 0.717) is 0 Å². The molecule has 2 aliphatic rings. The molecule has 0 amide bonds. The highest BCUT2D eigenvalue weighted by Gasteiger charge is 2.36. The summed E-state index contributed by atoms with van der Waals surface area (Å²) in [5.74, 6) is 0. The molecule has 0 atom stereocenters. The van der Waals surface area contributed by atoms with Crippen LogP contribution in [0.4, 0.5) is 0 Å². The number of fused-ring (bicyclic) bond motifs is 9. The maximum atomic E-state index is 5.29. The van der Waals surface area contributed by atoms with Crippen LogP contribution in [0.3, 0.4) is 0 Å². The van der Waals surface area contributed by atoms with Gasteiger partial charge in [0.25, 0.3) is 0 Å². The van der Waals surface area contributed by atoms with Gasteiger partial charge in [-0.1, -0.05) is 161 Å². The van der Waals surface area contributed by atoms with Gasteiger partial charge in [-0.2, -0.15) is 0 Å². The van der Waals surface area contributed by atoms with Crippen molar-refractivity contribution in [2.75, 3.05) is 0 Å². The van der Waals surface area contributed by atoms with Crippen molar-refractivity contribution in [1.29, 1.82) is 0 Å². The fraction of sp³-hybridized carbons (Fsp3) is 0.113. The smallest absolute Gasteiger partial charge is 0.0722 e. The van der Waals surface area contributed by atoms with E-state index in [-0.39, 0.29) is 10.8 Å². The molecular weight excluding hydrogens is 651 g/mol. The first-order valence-corrected chi connectivity index (χ1v) is 19.1. The van der Waals surface area contributed by atoms with Gasteiger partial charge in [-0.25, -0.2) is 4.98 Å². The normalized spacial score (nSPS) is 14.6. The van der Waals surface area contributed by atoms with Gasteiger partial charge in [0, 0.05) is 21.8 Å². The summed E-state index contributed by atoms with van der Waals surface area (Å²) in [5, 5.41) is 6.06. The average Bonchev–Trinajstić information content (AvgIpc) is 3.58. The number of hydrogen-bond donors (Lipinski definition) is 0. The number of para-hydroxylation sites is 1. The van der Waals surface area contributed by atoms with Crippen LogP contribution in [0, 0.1) is 0 Å². The third-order valence-corrected chi connectivity index (χ3v) is 12.7. The zero-order chi connectivity index (χ0) is 36.3. The number of hydrogen-bond acceptors (Lipinski definition) is 1. The predicted molar refractivity (Wildman–Crippen MR) is 228 cm³/mol. The summed E-state index contributed by atoms with van der Waals surface area (Å²) in [6.07, 6.45) is 0. The lowest BCUT2D eigenvalue weighted by atomic mass is 9.81. The van der Waals surface area contributed by atoms with Crippen LogP contribution in [-0.2, 0) is 10.8 Å². The Labute approximate surface area is 316 Å². The number of benzene rings is 8. The molecule has 0 N–H and O–H groups in total. The molecule has 1 heterocycles. The molecule has 0 saturated carbocycles. The minimum absolute atomic E-state index is 0.0472. The maximum absolute atomic E-state index is 5.29. The Morgan fingerprint density at radius 3 is 1.70 bits per heavy atom. The van der Waals surface area contributed by atoms with Crippen molar-refractivity contribution in [2.24, 2.45) is 0 Å². The van der Waals surface area contributed by atoms with Crippen LogP contribution in [0.15, 0.2) is 164 Å². The van der Waals surface area contributed by atoms with Crippen molar-refractivity contribution >= 4 is 32.4 Å².